The molecule has 2 heterocycles. The molecule has 2 aromatic heterocycles. The quantitative estimate of drug-likeness (QED) is 0.588. The number of anilines is 2. The summed E-state index contributed by atoms with van der Waals surface area (Å²) in [5.74, 6) is -0.743. The lowest BCUT2D eigenvalue weighted by Gasteiger charge is -2.14. The molecule has 3 N–H and O–H groups in total. The van der Waals surface area contributed by atoms with Crippen LogP contribution in [0, 0.1) is 0 Å². The summed E-state index contributed by atoms with van der Waals surface area (Å²) in [5, 5.41) is 6.88. The molecule has 0 unspecified atom stereocenters. The standard InChI is InChI=1S/C19H17ClF3N5O2/c1-10(2)28-15(7-8-25-28)18(29)27-16-6-4-12(17(24)26-16)13-9-11(3-5-14(13)20)30-19(21,22)23/h3-10H,1-2H3,(H3,24,26,27,29). The maximum atomic E-state index is 12.5. The summed E-state index contributed by atoms with van der Waals surface area (Å²) in [7, 11) is 0. The van der Waals surface area contributed by atoms with Crippen LogP contribution in [-0.2, 0) is 0 Å². The summed E-state index contributed by atoms with van der Waals surface area (Å²) >= 11 is 6.11. The Morgan fingerprint density at radius 3 is 2.57 bits per heavy atom. The van der Waals surface area contributed by atoms with Crippen LogP contribution in [0.25, 0.3) is 11.1 Å². The molecule has 11 heteroatoms. The Kier molecular flexibility index (Phi) is 5.88. The molecule has 158 valence electrons. The van der Waals surface area contributed by atoms with E-state index in [4.69, 9.17) is 17.3 Å². The van der Waals surface area contributed by atoms with Gasteiger partial charge in [0.05, 0.1) is 0 Å². The van der Waals surface area contributed by atoms with Crippen molar-refractivity contribution in [1.29, 1.82) is 0 Å². The maximum Gasteiger partial charge on any atom is 0.573 e. The first-order valence-corrected chi connectivity index (χ1v) is 9.10. The second-order valence-corrected chi connectivity index (χ2v) is 6.93. The van der Waals surface area contributed by atoms with Gasteiger partial charge in [0.2, 0.25) is 0 Å². The SMILES string of the molecule is CC(C)n1nccc1C(=O)Nc1ccc(-c2cc(OC(F)(F)F)ccc2Cl)c(N)n1. The van der Waals surface area contributed by atoms with Crippen LogP contribution < -0.4 is 15.8 Å². The van der Waals surface area contributed by atoms with Gasteiger partial charge in [0.25, 0.3) is 5.91 Å². The van der Waals surface area contributed by atoms with E-state index >= 15 is 0 Å². The first kappa shape index (κ1) is 21.4. The number of halogens is 4. The maximum absolute atomic E-state index is 12.5. The van der Waals surface area contributed by atoms with Crippen molar-refractivity contribution in [3.05, 3.63) is 53.3 Å². The van der Waals surface area contributed by atoms with Crippen LogP contribution in [0.5, 0.6) is 5.75 Å². The molecule has 0 saturated carbocycles. The van der Waals surface area contributed by atoms with Gasteiger partial charge in [-0.25, -0.2) is 4.98 Å². The van der Waals surface area contributed by atoms with Crippen LogP contribution in [0.1, 0.15) is 30.4 Å². The van der Waals surface area contributed by atoms with E-state index in [0.717, 1.165) is 12.1 Å². The fourth-order valence-corrected chi connectivity index (χ4v) is 2.99. The number of carbonyl (C=O) groups is 1. The summed E-state index contributed by atoms with van der Waals surface area (Å²) in [6, 6.07) is 7.98. The third-order valence-electron chi connectivity index (χ3n) is 4.02. The van der Waals surface area contributed by atoms with Crippen LogP contribution in [0.4, 0.5) is 24.8 Å². The minimum absolute atomic E-state index is 0.0190. The van der Waals surface area contributed by atoms with Crippen LogP contribution in [0.15, 0.2) is 42.6 Å². The van der Waals surface area contributed by atoms with E-state index in [2.05, 4.69) is 20.1 Å². The van der Waals surface area contributed by atoms with Gasteiger partial charge >= 0.3 is 6.36 Å². The van der Waals surface area contributed by atoms with Gasteiger partial charge in [-0.2, -0.15) is 5.10 Å². The zero-order valence-electron chi connectivity index (χ0n) is 15.9. The van der Waals surface area contributed by atoms with Crippen LogP contribution in [0.2, 0.25) is 5.02 Å². The number of ether oxygens (including phenoxy) is 1. The highest BCUT2D eigenvalue weighted by Crippen LogP contribution is 2.36. The zero-order valence-corrected chi connectivity index (χ0v) is 16.6. The van der Waals surface area contributed by atoms with Crippen molar-refractivity contribution in [2.24, 2.45) is 0 Å². The second-order valence-electron chi connectivity index (χ2n) is 6.53. The molecule has 0 fully saturated rings. The van der Waals surface area contributed by atoms with E-state index < -0.39 is 18.0 Å². The smallest absolute Gasteiger partial charge is 0.406 e. The van der Waals surface area contributed by atoms with Crippen molar-refractivity contribution in [3.8, 4) is 16.9 Å². The number of hydrogen-bond acceptors (Lipinski definition) is 5. The molecule has 7 nitrogen and oxygen atoms in total. The van der Waals surface area contributed by atoms with E-state index in [1.165, 1.54) is 24.4 Å². The third kappa shape index (κ3) is 4.82. The van der Waals surface area contributed by atoms with E-state index in [9.17, 15) is 18.0 Å². The molecule has 1 aromatic carbocycles. The number of carbonyl (C=O) groups excluding carboxylic acids is 1. The molecule has 3 aromatic rings. The molecular weight excluding hydrogens is 423 g/mol. The number of amides is 1. The summed E-state index contributed by atoms with van der Waals surface area (Å²) < 4.78 is 42.9. The Morgan fingerprint density at radius 1 is 1.20 bits per heavy atom. The molecule has 0 bridgehead atoms. The highest BCUT2D eigenvalue weighted by Gasteiger charge is 2.31. The Balaban J connectivity index is 1.86. The number of nitrogen functional groups attached to an aromatic ring is 1. The Labute approximate surface area is 174 Å². The Bertz CT molecular complexity index is 1080. The fraction of sp³-hybridized carbons (Fsp3) is 0.211. The molecule has 0 aliphatic carbocycles. The fourth-order valence-electron chi connectivity index (χ4n) is 2.77. The van der Waals surface area contributed by atoms with E-state index in [0.29, 0.717) is 5.69 Å². The molecule has 0 saturated heterocycles. The first-order chi connectivity index (χ1) is 14.0. The van der Waals surface area contributed by atoms with E-state index in [-0.39, 0.29) is 33.8 Å². The van der Waals surface area contributed by atoms with E-state index in [1.807, 2.05) is 13.8 Å². The second kappa shape index (κ2) is 8.23. The van der Waals surface area contributed by atoms with Gasteiger partial charge in [-0.15, -0.1) is 13.2 Å². The number of hydrogen-bond donors (Lipinski definition) is 2. The topological polar surface area (TPSA) is 95.1 Å². The molecule has 1 amide bonds. The summed E-state index contributed by atoms with van der Waals surface area (Å²) in [6.45, 7) is 3.77. The van der Waals surface area contributed by atoms with Crippen molar-refractivity contribution in [3.63, 3.8) is 0 Å². The lowest BCUT2D eigenvalue weighted by molar-refractivity contribution is -0.274. The molecule has 3 rings (SSSR count). The predicted molar refractivity (Wildman–Crippen MR) is 106 cm³/mol. The Hall–Kier alpha value is -3.27. The van der Waals surface area contributed by atoms with Gasteiger partial charge < -0.3 is 15.8 Å². The number of pyridine rings is 1. The number of alkyl halides is 3. The van der Waals surface area contributed by atoms with Gasteiger partial charge in [0.15, 0.2) is 0 Å². The van der Waals surface area contributed by atoms with Gasteiger partial charge in [-0.3, -0.25) is 9.48 Å². The van der Waals surface area contributed by atoms with Gasteiger partial charge in [-0.05, 0) is 50.2 Å². The van der Waals surface area contributed by atoms with Crippen molar-refractivity contribution in [2.75, 3.05) is 11.1 Å². The number of benzene rings is 1. The van der Waals surface area contributed by atoms with Crippen molar-refractivity contribution >= 4 is 29.1 Å². The molecule has 0 radical (unpaired) electrons. The normalized spacial score (nSPS) is 11.6. The number of aromatic nitrogens is 3. The summed E-state index contributed by atoms with van der Waals surface area (Å²) in [4.78, 5) is 16.6. The zero-order chi connectivity index (χ0) is 22.1. The van der Waals surface area contributed by atoms with Crippen molar-refractivity contribution in [2.45, 2.75) is 26.3 Å². The van der Waals surface area contributed by atoms with Crippen molar-refractivity contribution < 1.29 is 22.7 Å². The molecule has 0 aliphatic heterocycles. The van der Waals surface area contributed by atoms with E-state index in [1.54, 1.807) is 10.7 Å². The molecular formula is C19H17ClF3N5O2. The predicted octanol–water partition coefficient (Wildman–Crippen LogP) is 4.91. The minimum atomic E-state index is -4.84. The summed E-state index contributed by atoms with van der Waals surface area (Å²) in [6.07, 6.45) is -3.33. The van der Waals surface area contributed by atoms with Crippen molar-refractivity contribution in [1.82, 2.24) is 14.8 Å². The van der Waals surface area contributed by atoms with Gasteiger partial charge in [0, 0.05) is 28.4 Å². The average Bonchev–Trinajstić information content (AvgIpc) is 3.13. The monoisotopic (exact) mass is 439 g/mol. The highest BCUT2D eigenvalue weighted by atomic mass is 35.5. The minimum Gasteiger partial charge on any atom is -0.406 e. The molecule has 0 aliphatic rings. The number of nitrogens with one attached hydrogen (secondary N) is 1. The molecule has 0 spiro atoms. The first-order valence-electron chi connectivity index (χ1n) is 8.72. The Morgan fingerprint density at radius 2 is 1.93 bits per heavy atom. The molecule has 30 heavy (non-hydrogen) atoms. The number of rotatable bonds is 5. The van der Waals surface area contributed by atoms with Crippen LogP contribution in [0.3, 0.4) is 0 Å². The van der Waals surface area contributed by atoms with Gasteiger partial charge in [-0.1, -0.05) is 11.6 Å². The number of nitrogens with two attached hydrogens (primary N) is 1. The largest absolute Gasteiger partial charge is 0.573 e. The van der Waals surface area contributed by atoms with Crippen LogP contribution in [-0.4, -0.2) is 27.0 Å². The lowest BCUT2D eigenvalue weighted by atomic mass is 10.1. The number of nitrogens with zero attached hydrogens (tertiary/aromatic N) is 3. The molecule has 0 atom stereocenters. The third-order valence-corrected chi connectivity index (χ3v) is 4.35. The lowest BCUT2D eigenvalue weighted by Crippen LogP contribution is -2.19. The van der Waals surface area contributed by atoms with Crippen LogP contribution >= 0.6 is 11.6 Å². The highest BCUT2D eigenvalue weighted by molar-refractivity contribution is 6.33. The summed E-state index contributed by atoms with van der Waals surface area (Å²) in [5.41, 5.74) is 6.81. The van der Waals surface area contributed by atoms with Gasteiger partial charge in [0.1, 0.15) is 23.1 Å². The average molecular weight is 440 g/mol.